The second-order valence-corrected chi connectivity index (χ2v) is 6.48. The molecule has 0 heterocycles. The number of alkyl halides is 1. The Kier molecular flexibility index (Phi) is 4.81. The fraction of sp³-hybridized carbons (Fsp3) is 0.333. The molecule has 0 aliphatic rings. The minimum atomic E-state index is 0.428. The Morgan fingerprint density at radius 3 is 1.79 bits per heavy atom. The zero-order valence-electron chi connectivity index (χ0n) is 11.8. The molecule has 0 N–H and O–H groups in total. The molecule has 0 saturated heterocycles. The fourth-order valence-electron chi connectivity index (χ4n) is 2.13. The van der Waals surface area contributed by atoms with Crippen molar-refractivity contribution in [1.29, 1.82) is 0 Å². The predicted molar refractivity (Wildman–Crippen MR) is 87.5 cm³/mol. The van der Waals surface area contributed by atoms with E-state index in [1.54, 1.807) is 0 Å². The smallest absolute Gasteiger partial charge is 0.0423 e. The predicted octanol–water partition coefficient (Wildman–Crippen LogP) is 6.08. The lowest BCUT2D eigenvalue weighted by molar-refractivity contribution is 0.414. The highest BCUT2D eigenvalue weighted by Gasteiger charge is 2.18. The van der Waals surface area contributed by atoms with Gasteiger partial charge >= 0.3 is 0 Å². The third-order valence-electron chi connectivity index (χ3n) is 3.85. The van der Waals surface area contributed by atoms with Crippen LogP contribution in [0.2, 0.25) is 0 Å². The summed E-state index contributed by atoms with van der Waals surface area (Å²) in [6.45, 7) is 6.85. The zero-order valence-corrected chi connectivity index (χ0v) is 13.4. The van der Waals surface area contributed by atoms with Gasteiger partial charge in [0.1, 0.15) is 0 Å². The van der Waals surface area contributed by atoms with Crippen LogP contribution < -0.4 is 0 Å². The first-order valence-electron chi connectivity index (χ1n) is 6.89. The Bertz CT molecular complexity index is 499. The summed E-state index contributed by atoms with van der Waals surface area (Å²) >= 11 is 3.83. The minimum absolute atomic E-state index is 0.428. The lowest BCUT2D eigenvalue weighted by Gasteiger charge is -2.22. The second kappa shape index (κ2) is 6.38. The first kappa shape index (κ1) is 14.3. The molecule has 2 aromatic carbocycles. The standard InChI is InChI=1S/C18H21Br/c1-13(2)14(3)18(19)17-11-9-16(10-12-17)15-7-5-4-6-8-15/h4-14,18H,1-3H3. The lowest BCUT2D eigenvalue weighted by Crippen LogP contribution is -2.10. The van der Waals surface area contributed by atoms with Crippen molar-refractivity contribution in [3.8, 4) is 11.1 Å². The van der Waals surface area contributed by atoms with Crippen LogP contribution in [0.4, 0.5) is 0 Å². The number of hydrogen-bond donors (Lipinski definition) is 0. The molecule has 0 bridgehead atoms. The van der Waals surface area contributed by atoms with Gasteiger partial charge in [-0.1, -0.05) is 91.3 Å². The molecule has 0 aromatic heterocycles. The Hall–Kier alpha value is -1.08. The highest BCUT2D eigenvalue weighted by atomic mass is 79.9. The minimum Gasteiger partial charge on any atom is -0.0836 e. The van der Waals surface area contributed by atoms with Gasteiger partial charge in [0.2, 0.25) is 0 Å². The van der Waals surface area contributed by atoms with Gasteiger partial charge in [-0.25, -0.2) is 0 Å². The molecule has 0 radical (unpaired) electrons. The van der Waals surface area contributed by atoms with Crippen molar-refractivity contribution in [3.63, 3.8) is 0 Å². The molecule has 19 heavy (non-hydrogen) atoms. The highest BCUT2D eigenvalue weighted by Crippen LogP contribution is 2.35. The number of benzene rings is 2. The third kappa shape index (κ3) is 3.48. The van der Waals surface area contributed by atoms with Crippen LogP contribution >= 0.6 is 15.9 Å². The summed E-state index contributed by atoms with van der Waals surface area (Å²) < 4.78 is 0. The van der Waals surface area contributed by atoms with Gasteiger partial charge in [-0.05, 0) is 28.5 Å². The maximum absolute atomic E-state index is 3.83. The van der Waals surface area contributed by atoms with E-state index in [9.17, 15) is 0 Å². The molecule has 100 valence electrons. The molecular weight excluding hydrogens is 296 g/mol. The number of rotatable bonds is 4. The van der Waals surface area contributed by atoms with E-state index in [0.29, 0.717) is 16.7 Å². The van der Waals surface area contributed by atoms with Gasteiger partial charge < -0.3 is 0 Å². The van der Waals surface area contributed by atoms with Crippen molar-refractivity contribution in [2.24, 2.45) is 11.8 Å². The van der Waals surface area contributed by atoms with E-state index in [1.165, 1.54) is 16.7 Å². The molecule has 2 aromatic rings. The summed E-state index contributed by atoms with van der Waals surface area (Å²) in [5.41, 5.74) is 3.92. The summed E-state index contributed by atoms with van der Waals surface area (Å²) in [5.74, 6) is 1.31. The summed E-state index contributed by atoms with van der Waals surface area (Å²) in [4.78, 5) is 0.428. The van der Waals surface area contributed by atoms with E-state index in [1.807, 2.05) is 0 Å². The molecule has 0 nitrogen and oxygen atoms in total. The first-order valence-corrected chi connectivity index (χ1v) is 7.80. The average molecular weight is 317 g/mol. The van der Waals surface area contributed by atoms with Crippen molar-refractivity contribution < 1.29 is 0 Å². The molecule has 2 rings (SSSR count). The number of hydrogen-bond acceptors (Lipinski definition) is 0. The number of halogens is 1. The molecule has 0 fully saturated rings. The Morgan fingerprint density at radius 1 is 0.737 bits per heavy atom. The third-order valence-corrected chi connectivity index (χ3v) is 5.21. The molecule has 1 heteroatoms. The zero-order chi connectivity index (χ0) is 13.8. The molecule has 0 amide bonds. The van der Waals surface area contributed by atoms with Crippen LogP contribution in [0, 0.1) is 11.8 Å². The Balaban J connectivity index is 2.19. The van der Waals surface area contributed by atoms with Gasteiger partial charge in [0, 0.05) is 4.83 Å². The van der Waals surface area contributed by atoms with Crippen molar-refractivity contribution in [2.45, 2.75) is 25.6 Å². The summed E-state index contributed by atoms with van der Waals surface area (Å²) in [7, 11) is 0. The summed E-state index contributed by atoms with van der Waals surface area (Å²) in [6, 6.07) is 19.4. The van der Waals surface area contributed by atoms with E-state index in [4.69, 9.17) is 0 Å². The summed E-state index contributed by atoms with van der Waals surface area (Å²) in [6.07, 6.45) is 0. The largest absolute Gasteiger partial charge is 0.0836 e. The molecule has 0 aliphatic heterocycles. The van der Waals surface area contributed by atoms with Gasteiger partial charge in [-0.2, -0.15) is 0 Å². The first-order chi connectivity index (χ1) is 9.09. The van der Waals surface area contributed by atoms with Crippen LogP contribution in [-0.2, 0) is 0 Å². The van der Waals surface area contributed by atoms with E-state index < -0.39 is 0 Å². The fourth-order valence-corrected chi connectivity index (χ4v) is 3.05. The molecule has 2 atom stereocenters. The van der Waals surface area contributed by atoms with Crippen LogP contribution in [0.25, 0.3) is 11.1 Å². The molecule has 0 saturated carbocycles. The Labute approximate surface area is 125 Å². The van der Waals surface area contributed by atoms with E-state index in [-0.39, 0.29) is 0 Å². The van der Waals surface area contributed by atoms with Crippen molar-refractivity contribution in [3.05, 3.63) is 60.2 Å². The van der Waals surface area contributed by atoms with Crippen LogP contribution in [-0.4, -0.2) is 0 Å². The maximum Gasteiger partial charge on any atom is 0.0423 e. The monoisotopic (exact) mass is 316 g/mol. The van der Waals surface area contributed by atoms with Gasteiger partial charge in [-0.3, -0.25) is 0 Å². The van der Waals surface area contributed by atoms with Crippen molar-refractivity contribution in [1.82, 2.24) is 0 Å². The average Bonchev–Trinajstić information content (AvgIpc) is 2.46. The van der Waals surface area contributed by atoms with E-state index in [0.717, 1.165) is 0 Å². The Morgan fingerprint density at radius 2 is 1.26 bits per heavy atom. The maximum atomic E-state index is 3.83. The van der Waals surface area contributed by atoms with Crippen molar-refractivity contribution >= 4 is 15.9 Å². The molecular formula is C18H21Br. The van der Waals surface area contributed by atoms with Gasteiger partial charge in [-0.15, -0.1) is 0 Å². The quantitative estimate of drug-likeness (QED) is 0.599. The van der Waals surface area contributed by atoms with Crippen LogP contribution in [0.1, 0.15) is 31.2 Å². The molecule has 0 aliphatic carbocycles. The van der Waals surface area contributed by atoms with E-state index >= 15 is 0 Å². The molecule has 0 spiro atoms. The SMILES string of the molecule is CC(C)C(C)C(Br)c1ccc(-c2ccccc2)cc1. The second-order valence-electron chi connectivity index (χ2n) is 5.49. The van der Waals surface area contributed by atoms with Gasteiger partial charge in [0.15, 0.2) is 0 Å². The van der Waals surface area contributed by atoms with Crippen LogP contribution in [0.15, 0.2) is 54.6 Å². The summed E-state index contributed by atoms with van der Waals surface area (Å²) in [5, 5.41) is 0. The van der Waals surface area contributed by atoms with Crippen LogP contribution in [0.5, 0.6) is 0 Å². The van der Waals surface area contributed by atoms with Gasteiger partial charge in [0.05, 0.1) is 0 Å². The molecule has 2 unspecified atom stereocenters. The van der Waals surface area contributed by atoms with Crippen LogP contribution in [0.3, 0.4) is 0 Å². The van der Waals surface area contributed by atoms with Crippen molar-refractivity contribution in [2.75, 3.05) is 0 Å². The van der Waals surface area contributed by atoms with E-state index in [2.05, 4.69) is 91.3 Å². The highest BCUT2D eigenvalue weighted by molar-refractivity contribution is 9.09. The lowest BCUT2D eigenvalue weighted by atomic mass is 9.90. The normalized spacial score (nSPS) is 14.4. The topological polar surface area (TPSA) is 0 Å². The van der Waals surface area contributed by atoms with Gasteiger partial charge in [0.25, 0.3) is 0 Å².